The number of hydrogen-bond acceptors (Lipinski definition) is 5. The van der Waals surface area contributed by atoms with E-state index in [9.17, 15) is 18.0 Å². The molecule has 0 unspecified atom stereocenters. The number of ether oxygens (including phenoxy) is 1. The molecule has 4 rings (SSSR count). The quantitative estimate of drug-likeness (QED) is 0.836. The van der Waals surface area contributed by atoms with E-state index in [0.717, 1.165) is 16.0 Å². The molecule has 1 N–H and O–H groups in total. The molecular formula is C18H21F3N4O2S. The number of fused-ring (bicyclic) bond motifs is 1. The lowest BCUT2D eigenvalue weighted by Gasteiger charge is -2.40. The van der Waals surface area contributed by atoms with Gasteiger partial charge in [-0.1, -0.05) is 6.07 Å². The van der Waals surface area contributed by atoms with Crippen molar-refractivity contribution in [2.45, 2.75) is 31.2 Å². The number of hydrogen-bond donors (Lipinski definition) is 1. The summed E-state index contributed by atoms with van der Waals surface area (Å²) in [4.78, 5) is 19.7. The van der Waals surface area contributed by atoms with Gasteiger partial charge in [-0.2, -0.15) is 13.2 Å². The number of carbonyl (C=O) groups excluding carboxylic acids is 1. The molecule has 0 spiro atoms. The third-order valence-electron chi connectivity index (χ3n) is 5.07. The van der Waals surface area contributed by atoms with Crippen molar-refractivity contribution in [3.63, 3.8) is 0 Å². The van der Waals surface area contributed by atoms with Crippen LogP contribution in [0.3, 0.4) is 0 Å². The molecule has 28 heavy (non-hydrogen) atoms. The zero-order valence-corrected chi connectivity index (χ0v) is 15.9. The van der Waals surface area contributed by atoms with Crippen LogP contribution < -0.4 is 10.1 Å². The van der Waals surface area contributed by atoms with Crippen molar-refractivity contribution in [2.24, 2.45) is 0 Å². The first-order valence-electron chi connectivity index (χ1n) is 9.21. The zero-order valence-electron chi connectivity index (χ0n) is 15.1. The molecule has 0 atom stereocenters. The maximum atomic E-state index is 12.4. The number of nitrogens with one attached hydrogen (secondary N) is 1. The first kappa shape index (κ1) is 19.3. The highest BCUT2D eigenvalue weighted by Crippen LogP contribution is 2.29. The molecule has 10 heteroatoms. The number of alkyl halides is 3. The largest absolute Gasteiger partial charge is 0.484 e. The third kappa shape index (κ3) is 4.49. The first-order valence-corrected chi connectivity index (χ1v) is 10.1. The number of piperidine rings is 1. The van der Waals surface area contributed by atoms with Crippen molar-refractivity contribution in [2.75, 3.05) is 32.7 Å². The van der Waals surface area contributed by atoms with Gasteiger partial charge in [-0.3, -0.25) is 4.90 Å². The van der Waals surface area contributed by atoms with Crippen LogP contribution in [0, 0.1) is 0 Å². The summed E-state index contributed by atoms with van der Waals surface area (Å²) in [5, 5.41) is 2.93. The van der Waals surface area contributed by atoms with Crippen LogP contribution in [0.15, 0.2) is 23.7 Å². The first-order chi connectivity index (χ1) is 13.4. The van der Waals surface area contributed by atoms with Crippen molar-refractivity contribution in [1.29, 1.82) is 0 Å². The van der Waals surface area contributed by atoms with E-state index in [2.05, 4.69) is 10.3 Å². The molecule has 2 aliphatic rings. The van der Waals surface area contributed by atoms with Gasteiger partial charge in [0.15, 0.2) is 0 Å². The number of likely N-dealkylation sites (tertiary alicyclic amines) is 2. The van der Waals surface area contributed by atoms with Gasteiger partial charge in [-0.25, -0.2) is 9.78 Å². The van der Waals surface area contributed by atoms with Gasteiger partial charge >= 0.3 is 12.2 Å². The summed E-state index contributed by atoms with van der Waals surface area (Å²) in [5.74, 6) is 0.723. The standard InChI is InChI=1S/C18H21F3N4O2S/c19-18(20,21)10-24-6-4-12(5-7-24)23-17(26)25-8-13(9-25)27-14-2-1-3-15-16(14)22-11-28-15/h1-3,11-13H,4-10H2,(H,23,26). The molecule has 0 bridgehead atoms. The molecule has 2 saturated heterocycles. The number of aromatic nitrogens is 1. The van der Waals surface area contributed by atoms with Crippen LogP contribution in [-0.2, 0) is 0 Å². The number of carbonyl (C=O) groups is 1. The number of thiazole rings is 1. The fraction of sp³-hybridized carbons (Fsp3) is 0.556. The highest BCUT2D eigenvalue weighted by Gasteiger charge is 2.35. The molecule has 0 aliphatic carbocycles. The molecule has 2 fully saturated rings. The minimum Gasteiger partial charge on any atom is -0.484 e. The summed E-state index contributed by atoms with van der Waals surface area (Å²) in [6.07, 6.45) is -3.19. The van der Waals surface area contributed by atoms with Crippen LogP contribution in [0.1, 0.15) is 12.8 Å². The Hall–Kier alpha value is -2.07. The SMILES string of the molecule is O=C(NC1CCN(CC(F)(F)F)CC1)N1CC(Oc2cccc3scnc23)C1. The van der Waals surface area contributed by atoms with E-state index in [0.29, 0.717) is 39.0 Å². The molecule has 152 valence electrons. The topological polar surface area (TPSA) is 57.7 Å². The average molecular weight is 414 g/mol. The van der Waals surface area contributed by atoms with Gasteiger partial charge in [0.05, 0.1) is 29.8 Å². The van der Waals surface area contributed by atoms with Gasteiger partial charge in [-0.05, 0) is 25.0 Å². The Morgan fingerprint density at radius 1 is 1.29 bits per heavy atom. The number of benzene rings is 1. The molecule has 2 aliphatic heterocycles. The Balaban J connectivity index is 1.20. The second-order valence-corrected chi connectivity index (χ2v) is 8.10. The monoisotopic (exact) mass is 414 g/mol. The van der Waals surface area contributed by atoms with Crippen LogP contribution in [0.25, 0.3) is 10.2 Å². The van der Waals surface area contributed by atoms with Crippen molar-refractivity contribution in [3.05, 3.63) is 23.7 Å². The highest BCUT2D eigenvalue weighted by atomic mass is 32.1. The minimum absolute atomic E-state index is 0.0771. The number of urea groups is 1. The summed E-state index contributed by atoms with van der Waals surface area (Å²) in [5.41, 5.74) is 2.61. The number of rotatable bonds is 4. The zero-order chi connectivity index (χ0) is 19.7. The predicted octanol–water partition coefficient (Wildman–Crippen LogP) is 3.10. The fourth-order valence-corrected chi connectivity index (χ4v) is 4.26. The van der Waals surface area contributed by atoms with Gasteiger partial charge < -0.3 is 15.0 Å². The summed E-state index contributed by atoms with van der Waals surface area (Å²) in [7, 11) is 0. The number of amides is 2. The van der Waals surface area contributed by atoms with Crippen molar-refractivity contribution < 1.29 is 22.7 Å². The number of halogens is 3. The van der Waals surface area contributed by atoms with E-state index in [1.165, 1.54) is 4.90 Å². The lowest BCUT2D eigenvalue weighted by atomic mass is 10.0. The van der Waals surface area contributed by atoms with Crippen molar-refractivity contribution in [3.8, 4) is 5.75 Å². The minimum atomic E-state index is -4.17. The molecule has 3 heterocycles. The van der Waals surface area contributed by atoms with Crippen LogP contribution in [0.2, 0.25) is 0 Å². The summed E-state index contributed by atoms with van der Waals surface area (Å²) >= 11 is 1.55. The summed E-state index contributed by atoms with van der Waals surface area (Å²) in [6, 6.07) is 5.52. The van der Waals surface area contributed by atoms with Crippen molar-refractivity contribution >= 4 is 27.6 Å². The predicted molar refractivity (Wildman–Crippen MR) is 99.7 cm³/mol. The smallest absolute Gasteiger partial charge is 0.401 e. The summed E-state index contributed by atoms with van der Waals surface area (Å²) in [6.45, 7) is 0.769. The molecular weight excluding hydrogens is 393 g/mol. The van der Waals surface area contributed by atoms with Gasteiger partial charge in [0, 0.05) is 19.1 Å². The van der Waals surface area contributed by atoms with E-state index in [-0.39, 0.29) is 18.2 Å². The van der Waals surface area contributed by atoms with Crippen LogP contribution in [0.5, 0.6) is 5.75 Å². The Bertz CT molecular complexity index is 830. The van der Waals surface area contributed by atoms with E-state index in [4.69, 9.17) is 4.74 Å². The van der Waals surface area contributed by atoms with Crippen LogP contribution in [-0.4, -0.2) is 71.9 Å². The third-order valence-corrected chi connectivity index (χ3v) is 5.86. The molecule has 0 radical (unpaired) electrons. The van der Waals surface area contributed by atoms with Crippen LogP contribution >= 0.6 is 11.3 Å². The average Bonchev–Trinajstić information content (AvgIpc) is 3.07. The second kappa shape index (κ2) is 7.75. The summed E-state index contributed by atoms with van der Waals surface area (Å²) < 4.78 is 44.3. The van der Waals surface area contributed by atoms with E-state index in [1.54, 1.807) is 21.7 Å². The van der Waals surface area contributed by atoms with E-state index in [1.807, 2.05) is 18.2 Å². The molecule has 0 saturated carbocycles. The molecule has 6 nitrogen and oxygen atoms in total. The van der Waals surface area contributed by atoms with E-state index >= 15 is 0 Å². The lowest BCUT2D eigenvalue weighted by molar-refractivity contribution is -0.148. The normalized spacial score (nSPS) is 19.6. The van der Waals surface area contributed by atoms with Gasteiger partial charge in [0.25, 0.3) is 0 Å². The number of nitrogens with zero attached hydrogens (tertiary/aromatic N) is 3. The molecule has 2 amide bonds. The Labute approximate surface area is 164 Å². The maximum absolute atomic E-state index is 12.4. The lowest BCUT2D eigenvalue weighted by Crippen LogP contribution is -2.60. The Kier molecular flexibility index (Phi) is 5.33. The number of para-hydroxylation sites is 1. The van der Waals surface area contributed by atoms with E-state index < -0.39 is 12.7 Å². The van der Waals surface area contributed by atoms with Crippen molar-refractivity contribution in [1.82, 2.24) is 20.1 Å². The van der Waals surface area contributed by atoms with Crippen LogP contribution in [0.4, 0.5) is 18.0 Å². The Morgan fingerprint density at radius 2 is 2.04 bits per heavy atom. The molecule has 1 aromatic heterocycles. The van der Waals surface area contributed by atoms with Gasteiger partial charge in [0.2, 0.25) is 0 Å². The molecule has 2 aromatic rings. The fourth-order valence-electron chi connectivity index (χ4n) is 3.57. The maximum Gasteiger partial charge on any atom is 0.401 e. The highest BCUT2D eigenvalue weighted by molar-refractivity contribution is 7.16. The Morgan fingerprint density at radius 3 is 2.75 bits per heavy atom. The second-order valence-electron chi connectivity index (χ2n) is 7.22. The van der Waals surface area contributed by atoms with Gasteiger partial charge in [0.1, 0.15) is 17.4 Å². The molecule has 1 aromatic carbocycles. The van der Waals surface area contributed by atoms with Gasteiger partial charge in [-0.15, -0.1) is 11.3 Å².